The predicted molar refractivity (Wildman–Crippen MR) is 122 cm³/mol. The molecule has 4 heteroatoms. The Hall–Kier alpha value is -1.67. The molecule has 1 N–H and O–H groups in total. The zero-order valence-corrected chi connectivity index (χ0v) is 17.4. The van der Waals surface area contributed by atoms with Crippen LogP contribution in [0.2, 0.25) is 0 Å². The van der Waals surface area contributed by atoms with Gasteiger partial charge in [-0.15, -0.1) is 0 Å². The molecule has 120 valence electrons. The van der Waals surface area contributed by atoms with E-state index in [1.807, 2.05) is 18.2 Å². The summed E-state index contributed by atoms with van der Waals surface area (Å²) in [5.41, 5.74) is 3.26. The van der Waals surface area contributed by atoms with Crippen LogP contribution in [0.15, 0.2) is 66.7 Å². The molecule has 1 heterocycles. The molecule has 0 atom stereocenters. The average Bonchev–Trinajstić information content (AvgIpc) is 3.08. The first-order chi connectivity index (χ1) is 12.2. The second-order valence-corrected chi connectivity index (χ2v) is 8.55. The van der Waals surface area contributed by atoms with E-state index in [2.05, 4.69) is 98.7 Å². The molecule has 0 unspecified atom stereocenters. The van der Waals surface area contributed by atoms with Crippen LogP contribution in [0.25, 0.3) is 44.0 Å². The molecular weight excluding hydrogens is 534 g/mol. The first-order valence-electron chi connectivity index (χ1n) is 7.96. The third kappa shape index (κ3) is 2.54. The van der Waals surface area contributed by atoms with Crippen LogP contribution in [0, 0.1) is 7.14 Å². The van der Waals surface area contributed by atoms with Gasteiger partial charge in [0.15, 0.2) is 0 Å². The van der Waals surface area contributed by atoms with Crippen molar-refractivity contribution in [1.29, 1.82) is 0 Å². The molecule has 4 aromatic carbocycles. The Kier molecular flexibility index (Phi) is 3.71. The van der Waals surface area contributed by atoms with Crippen molar-refractivity contribution in [3.05, 3.63) is 73.9 Å². The van der Waals surface area contributed by atoms with E-state index >= 15 is 0 Å². The molecule has 1 aromatic heterocycles. The van der Waals surface area contributed by atoms with E-state index in [0.717, 1.165) is 22.4 Å². The summed E-state index contributed by atoms with van der Waals surface area (Å²) in [5.74, 6) is 0.919. The molecule has 2 nitrogen and oxygen atoms in total. The summed E-state index contributed by atoms with van der Waals surface area (Å²) in [6.45, 7) is 0. The molecule has 0 radical (unpaired) electrons. The van der Waals surface area contributed by atoms with Crippen LogP contribution in [0.5, 0.6) is 0 Å². The summed E-state index contributed by atoms with van der Waals surface area (Å²) >= 11 is 4.74. The molecule has 0 saturated heterocycles. The molecule has 5 rings (SSSR count). The highest BCUT2D eigenvalue weighted by Gasteiger charge is 2.14. The number of nitrogens with zero attached hydrogens (tertiary/aromatic N) is 1. The fourth-order valence-electron chi connectivity index (χ4n) is 3.40. The van der Waals surface area contributed by atoms with Crippen LogP contribution in [0.4, 0.5) is 0 Å². The first kappa shape index (κ1) is 15.6. The van der Waals surface area contributed by atoms with Crippen molar-refractivity contribution >= 4 is 77.8 Å². The van der Waals surface area contributed by atoms with Crippen molar-refractivity contribution in [2.24, 2.45) is 0 Å². The van der Waals surface area contributed by atoms with Crippen molar-refractivity contribution < 1.29 is 0 Å². The number of rotatable bonds is 1. The van der Waals surface area contributed by atoms with E-state index in [0.29, 0.717) is 0 Å². The Morgan fingerprint density at radius 3 is 2.04 bits per heavy atom. The molecule has 0 spiro atoms. The minimum Gasteiger partial charge on any atom is -0.337 e. The van der Waals surface area contributed by atoms with Crippen molar-refractivity contribution in [2.75, 3.05) is 0 Å². The van der Waals surface area contributed by atoms with Crippen LogP contribution < -0.4 is 0 Å². The van der Waals surface area contributed by atoms with E-state index in [1.54, 1.807) is 0 Å². The zero-order valence-electron chi connectivity index (χ0n) is 13.1. The quantitative estimate of drug-likeness (QED) is 0.183. The smallest absolute Gasteiger partial charge is 0.138 e. The van der Waals surface area contributed by atoms with Gasteiger partial charge < -0.3 is 4.98 Å². The Morgan fingerprint density at radius 1 is 0.680 bits per heavy atom. The van der Waals surface area contributed by atoms with Gasteiger partial charge in [-0.05, 0) is 80.2 Å². The van der Waals surface area contributed by atoms with Gasteiger partial charge in [-0.1, -0.05) is 42.5 Å². The maximum absolute atomic E-state index is 4.97. The maximum atomic E-state index is 4.97. The van der Waals surface area contributed by atoms with Crippen LogP contribution in [0.3, 0.4) is 0 Å². The largest absolute Gasteiger partial charge is 0.337 e. The summed E-state index contributed by atoms with van der Waals surface area (Å²) in [5, 5.41) is 4.95. The lowest BCUT2D eigenvalue weighted by molar-refractivity contribution is 1.34. The van der Waals surface area contributed by atoms with Gasteiger partial charge in [0.1, 0.15) is 5.82 Å². The SMILES string of the molecule is Ic1ccc2c3ccc(I)cc3c3[nH]c(-c4ccccc4)nc3c2c1. The highest BCUT2D eigenvalue weighted by Crippen LogP contribution is 2.36. The Bertz CT molecular complexity index is 1180. The van der Waals surface area contributed by atoms with Crippen molar-refractivity contribution in [2.45, 2.75) is 0 Å². The first-order valence-corrected chi connectivity index (χ1v) is 10.1. The lowest BCUT2D eigenvalue weighted by atomic mass is 10.0. The minimum atomic E-state index is 0.919. The third-order valence-corrected chi connectivity index (χ3v) is 5.87. The molecule has 0 bridgehead atoms. The van der Waals surface area contributed by atoms with Gasteiger partial charge in [0.25, 0.3) is 0 Å². The Labute approximate surface area is 171 Å². The number of aromatic nitrogens is 2. The zero-order chi connectivity index (χ0) is 17.0. The average molecular weight is 546 g/mol. The number of benzene rings is 4. The van der Waals surface area contributed by atoms with Crippen LogP contribution in [-0.4, -0.2) is 9.97 Å². The highest BCUT2D eigenvalue weighted by molar-refractivity contribution is 14.1. The molecule has 0 aliphatic heterocycles. The fraction of sp³-hybridized carbons (Fsp3) is 0. The molecule has 0 amide bonds. The normalized spacial score (nSPS) is 11.6. The molecule has 0 saturated carbocycles. The van der Waals surface area contributed by atoms with Gasteiger partial charge in [0.2, 0.25) is 0 Å². The van der Waals surface area contributed by atoms with Gasteiger partial charge in [-0.3, -0.25) is 0 Å². The minimum absolute atomic E-state index is 0.919. The van der Waals surface area contributed by atoms with Gasteiger partial charge >= 0.3 is 0 Å². The number of hydrogen-bond acceptors (Lipinski definition) is 1. The van der Waals surface area contributed by atoms with E-state index in [9.17, 15) is 0 Å². The number of nitrogens with one attached hydrogen (secondary N) is 1. The van der Waals surface area contributed by atoms with Crippen molar-refractivity contribution in [1.82, 2.24) is 9.97 Å². The third-order valence-electron chi connectivity index (χ3n) is 4.53. The van der Waals surface area contributed by atoms with E-state index in [1.165, 1.54) is 28.7 Å². The molecule has 0 fully saturated rings. The van der Waals surface area contributed by atoms with Crippen LogP contribution in [-0.2, 0) is 0 Å². The van der Waals surface area contributed by atoms with Gasteiger partial charge in [0, 0.05) is 23.5 Å². The van der Waals surface area contributed by atoms with Crippen LogP contribution in [0.1, 0.15) is 0 Å². The van der Waals surface area contributed by atoms with Crippen molar-refractivity contribution in [3.8, 4) is 11.4 Å². The standard InChI is InChI=1S/C21H12I2N2/c22-13-6-8-15-16-9-7-14(23)11-18(16)20-19(17(15)10-13)24-21(25-20)12-4-2-1-3-5-12/h1-11H,(H,24,25). The lowest BCUT2D eigenvalue weighted by Crippen LogP contribution is -1.84. The monoisotopic (exact) mass is 546 g/mol. The van der Waals surface area contributed by atoms with Gasteiger partial charge in [-0.2, -0.15) is 0 Å². The second-order valence-electron chi connectivity index (χ2n) is 6.05. The Morgan fingerprint density at radius 2 is 1.32 bits per heavy atom. The summed E-state index contributed by atoms with van der Waals surface area (Å²) < 4.78 is 2.45. The van der Waals surface area contributed by atoms with Gasteiger partial charge in [0.05, 0.1) is 11.0 Å². The number of aromatic amines is 1. The number of fused-ring (bicyclic) bond motifs is 6. The topological polar surface area (TPSA) is 28.7 Å². The fourth-order valence-corrected chi connectivity index (χ4v) is 4.38. The summed E-state index contributed by atoms with van der Waals surface area (Å²) in [6.07, 6.45) is 0. The maximum Gasteiger partial charge on any atom is 0.138 e. The number of halogens is 2. The highest BCUT2D eigenvalue weighted by atomic mass is 127. The number of imidazole rings is 1. The molecule has 0 aliphatic rings. The summed E-state index contributed by atoms with van der Waals surface area (Å²) in [7, 11) is 0. The van der Waals surface area contributed by atoms with E-state index in [-0.39, 0.29) is 0 Å². The molecule has 5 aromatic rings. The second kappa shape index (κ2) is 5.95. The number of H-pyrrole nitrogens is 1. The summed E-state index contributed by atoms with van der Waals surface area (Å²) in [4.78, 5) is 8.55. The Balaban J connectivity index is 1.99. The number of hydrogen-bond donors (Lipinski definition) is 1. The van der Waals surface area contributed by atoms with Crippen LogP contribution >= 0.6 is 45.2 Å². The molecule has 0 aliphatic carbocycles. The predicted octanol–water partition coefficient (Wildman–Crippen LogP) is 6.75. The molecular formula is C21H12I2N2. The lowest BCUT2D eigenvalue weighted by Gasteiger charge is -2.07. The van der Waals surface area contributed by atoms with Crippen molar-refractivity contribution in [3.63, 3.8) is 0 Å². The van der Waals surface area contributed by atoms with E-state index < -0.39 is 0 Å². The summed E-state index contributed by atoms with van der Waals surface area (Å²) in [6, 6.07) is 23.5. The van der Waals surface area contributed by atoms with E-state index in [4.69, 9.17) is 4.98 Å². The molecule has 25 heavy (non-hydrogen) atoms. The van der Waals surface area contributed by atoms with Gasteiger partial charge in [-0.25, -0.2) is 4.98 Å².